The van der Waals surface area contributed by atoms with E-state index >= 15 is 0 Å². The Hall–Kier alpha value is -4.61. The fraction of sp³-hybridized carbons (Fsp3) is 0.360. The van der Waals surface area contributed by atoms with E-state index in [1.54, 1.807) is 24.2 Å². The van der Waals surface area contributed by atoms with Crippen molar-refractivity contribution >= 4 is 35.6 Å². The van der Waals surface area contributed by atoms with Crippen molar-refractivity contribution in [3.63, 3.8) is 0 Å². The van der Waals surface area contributed by atoms with Gasteiger partial charge in [-0.25, -0.2) is 0 Å². The van der Waals surface area contributed by atoms with E-state index in [1.165, 1.54) is 16.0 Å². The molecule has 0 aromatic heterocycles. The summed E-state index contributed by atoms with van der Waals surface area (Å²) in [5.41, 5.74) is 8.49. The molecule has 5 rings (SSSR count). The second kappa shape index (κ2) is 17.9. The summed E-state index contributed by atoms with van der Waals surface area (Å²) < 4.78 is 0. The third-order valence-corrected chi connectivity index (χ3v) is 10.3. The Morgan fingerprint density at radius 2 is 0.891 bits per heavy atom. The second-order valence-corrected chi connectivity index (χ2v) is 19.2. The van der Waals surface area contributed by atoms with Gasteiger partial charge in [0.25, 0.3) is 0 Å². The zero-order chi connectivity index (χ0) is 40.1. The van der Waals surface area contributed by atoms with Crippen LogP contribution in [-0.2, 0) is 21.7 Å². The number of nitrogens with zero attached hydrogens (tertiary/aromatic N) is 2. The van der Waals surface area contributed by atoms with Crippen LogP contribution in [0.2, 0.25) is 0 Å². The number of phenolic OH excluding ortho intramolecular Hbond substituents is 2. The van der Waals surface area contributed by atoms with Crippen LogP contribution in [0.3, 0.4) is 0 Å². The lowest BCUT2D eigenvalue weighted by atomic mass is 9.79. The van der Waals surface area contributed by atoms with Crippen LogP contribution in [0.15, 0.2) is 123 Å². The van der Waals surface area contributed by atoms with E-state index in [4.69, 9.17) is 4.99 Å². The predicted molar refractivity (Wildman–Crippen MR) is 240 cm³/mol. The fourth-order valence-corrected chi connectivity index (χ4v) is 6.69. The zero-order valence-corrected chi connectivity index (χ0v) is 35.5. The molecule has 0 aliphatic heterocycles. The number of hydrogen-bond donors (Lipinski definition) is 2. The van der Waals surface area contributed by atoms with E-state index < -0.39 is 0 Å². The van der Waals surface area contributed by atoms with Crippen LogP contribution >= 0.6 is 11.8 Å². The van der Waals surface area contributed by atoms with Crippen LogP contribution in [0.5, 0.6) is 11.5 Å². The lowest BCUT2D eigenvalue weighted by Gasteiger charge is -2.27. The molecule has 5 aromatic rings. The van der Waals surface area contributed by atoms with Gasteiger partial charge in [0.2, 0.25) is 0 Å². The Morgan fingerprint density at radius 1 is 0.491 bits per heavy atom. The molecule has 5 heteroatoms. The largest absolute Gasteiger partial charge is 0.507 e. The first-order chi connectivity index (χ1) is 25.1. The summed E-state index contributed by atoms with van der Waals surface area (Å²) in [5, 5.41) is 21.8. The summed E-state index contributed by atoms with van der Waals surface area (Å²) in [4.78, 5) is 11.6. The van der Waals surface area contributed by atoms with Crippen molar-refractivity contribution in [3.8, 4) is 11.5 Å². The quantitative estimate of drug-likeness (QED) is 0.170. The standard InChI is InChI=1S/C27H31NOS.C22H29NO.CH4/c1-26(2,3)20-16-19(25(29)22(17-20)27(4,5)6)18-28-23-14-10-11-15-24(23)30-21-12-8-7-9-13-21;1-15-10-8-9-11-19(15)23-14-16-12-17(21(2,3)4)13-18(20(16)24)22(5,6)7;/h7-18,29H,1-6H3;8-14,24H,1-7H3;1H4. The first-order valence-corrected chi connectivity index (χ1v) is 19.6. The Morgan fingerprint density at radius 3 is 1.33 bits per heavy atom. The van der Waals surface area contributed by atoms with Crippen molar-refractivity contribution in [2.75, 3.05) is 0 Å². The third kappa shape index (κ3) is 12.2. The number of aromatic hydroxyl groups is 2. The highest BCUT2D eigenvalue weighted by Crippen LogP contribution is 2.40. The molecule has 5 aromatic carbocycles. The molecule has 0 fully saturated rings. The molecule has 4 nitrogen and oxygen atoms in total. The summed E-state index contributed by atoms with van der Waals surface area (Å²) in [5.74, 6) is 0.639. The molecule has 0 bridgehead atoms. The van der Waals surface area contributed by atoms with E-state index in [9.17, 15) is 10.2 Å². The van der Waals surface area contributed by atoms with Crippen molar-refractivity contribution in [1.82, 2.24) is 0 Å². The van der Waals surface area contributed by atoms with Crippen molar-refractivity contribution in [2.45, 2.75) is 129 Å². The smallest absolute Gasteiger partial charge is 0.128 e. The van der Waals surface area contributed by atoms with Gasteiger partial charge >= 0.3 is 0 Å². The Labute approximate surface area is 336 Å². The SMILES string of the molecule is C.CC(C)(C)c1cc(C=Nc2ccccc2Sc2ccccc2)c(O)c(C(C)(C)C)c1.Cc1ccccc1N=Cc1cc(C(C)(C)C)cc(C(C)(C)C)c1O. The maximum Gasteiger partial charge on any atom is 0.128 e. The van der Waals surface area contributed by atoms with E-state index in [0.717, 1.165) is 44.1 Å². The van der Waals surface area contributed by atoms with Crippen LogP contribution in [0, 0.1) is 6.92 Å². The Kier molecular flexibility index (Phi) is 14.6. The molecule has 0 spiro atoms. The monoisotopic (exact) mass is 756 g/mol. The molecule has 0 heterocycles. The average Bonchev–Trinajstić information content (AvgIpc) is 3.07. The van der Waals surface area contributed by atoms with E-state index in [-0.39, 0.29) is 29.1 Å². The normalized spacial score (nSPS) is 12.4. The minimum Gasteiger partial charge on any atom is -0.507 e. The molecule has 0 saturated heterocycles. The highest BCUT2D eigenvalue weighted by molar-refractivity contribution is 7.99. The van der Waals surface area contributed by atoms with Crippen LogP contribution in [0.1, 0.15) is 129 Å². The summed E-state index contributed by atoms with van der Waals surface area (Å²) >= 11 is 1.69. The van der Waals surface area contributed by atoms with Gasteiger partial charge in [0.1, 0.15) is 11.5 Å². The Bertz CT molecular complexity index is 2100. The minimum absolute atomic E-state index is 0. The average molecular weight is 757 g/mol. The molecular formula is C50H64N2O2S. The number of rotatable bonds is 6. The van der Waals surface area contributed by atoms with Gasteiger partial charge in [-0.2, -0.15) is 0 Å². The van der Waals surface area contributed by atoms with Crippen molar-refractivity contribution in [3.05, 3.63) is 142 Å². The van der Waals surface area contributed by atoms with Crippen molar-refractivity contribution in [1.29, 1.82) is 0 Å². The van der Waals surface area contributed by atoms with Gasteiger partial charge in [-0.05, 0) is 87.7 Å². The van der Waals surface area contributed by atoms with Crippen LogP contribution in [0.4, 0.5) is 11.4 Å². The van der Waals surface area contributed by atoms with E-state index in [1.807, 2.05) is 73.7 Å². The highest BCUT2D eigenvalue weighted by Gasteiger charge is 2.26. The lowest BCUT2D eigenvalue weighted by Crippen LogP contribution is -2.17. The van der Waals surface area contributed by atoms with Crippen molar-refractivity contribution < 1.29 is 10.2 Å². The molecule has 2 N–H and O–H groups in total. The molecule has 0 atom stereocenters. The fourth-order valence-electron chi connectivity index (χ4n) is 5.77. The third-order valence-electron chi connectivity index (χ3n) is 9.26. The van der Waals surface area contributed by atoms with Gasteiger partial charge in [0, 0.05) is 44.5 Å². The molecule has 0 radical (unpaired) electrons. The molecule has 0 aliphatic carbocycles. The summed E-state index contributed by atoms with van der Waals surface area (Å²) in [6.45, 7) is 27.9. The van der Waals surface area contributed by atoms with Gasteiger partial charge in [0.15, 0.2) is 0 Å². The number of phenols is 2. The maximum atomic E-state index is 11.0. The number of aryl methyl sites for hydroxylation is 1. The van der Waals surface area contributed by atoms with E-state index in [2.05, 4.69) is 124 Å². The van der Waals surface area contributed by atoms with Crippen molar-refractivity contribution in [2.24, 2.45) is 9.98 Å². The maximum absolute atomic E-state index is 11.0. The van der Waals surface area contributed by atoms with Gasteiger partial charge in [0.05, 0.1) is 11.4 Å². The number of benzene rings is 5. The second-order valence-electron chi connectivity index (χ2n) is 18.1. The molecule has 292 valence electrons. The first kappa shape index (κ1) is 44.8. The topological polar surface area (TPSA) is 65.2 Å². The summed E-state index contributed by atoms with van der Waals surface area (Å²) in [6, 6.07) is 34.8. The number of aliphatic imine (C=N–C) groups is 2. The van der Waals surface area contributed by atoms with Crippen LogP contribution in [-0.4, -0.2) is 22.6 Å². The molecule has 0 aliphatic rings. The highest BCUT2D eigenvalue weighted by atomic mass is 32.2. The van der Waals surface area contributed by atoms with E-state index in [0.29, 0.717) is 11.5 Å². The van der Waals surface area contributed by atoms with Gasteiger partial charge < -0.3 is 10.2 Å². The molecule has 0 unspecified atom stereocenters. The summed E-state index contributed by atoms with van der Waals surface area (Å²) in [6.07, 6.45) is 3.58. The molecule has 55 heavy (non-hydrogen) atoms. The molecular weight excluding hydrogens is 693 g/mol. The summed E-state index contributed by atoms with van der Waals surface area (Å²) in [7, 11) is 0. The van der Waals surface area contributed by atoms with Crippen LogP contribution in [0.25, 0.3) is 0 Å². The number of para-hydroxylation sites is 2. The molecule has 0 saturated carbocycles. The van der Waals surface area contributed by atoms with Gasteiger partial charge in [-0.1, -0.05) is 163 Å². The van der Waals surface area contributed by atoms with Gasteiger partial charge in [-0.3, -0.25) is 9.98 Å². The zero-order valence-electron chi connectivity index (χ0n) is 34.7. The Balaban J connectivity index is 0.000000297. The van der Waals surface area contributed by atoms with Gasteiger partial charge in [-0.15, -0.1) is 0 Å². The first-order valence-electron chi connectivity index (χ1n) is 18.8. The molecule has 0 amide bonds. The lowest BCUT2D eigenvalue weighted by molar-refractivity contribution is 0.443. The minimum atomic E-state index is -0.158. The van der Waals surface area contributed by atoms with Crippen LogP contribution < -0.4 is 0 Å². The predicted octanol–water partition coefficient (Wildman–Crippen LogP) is 14.6. The number of hydrogen-bond acceptors (Lipinski definition) is 5.